The normalized spacial score (nSPS) is 10.8. The molecule has 25 heavy (non-hydrogen) atoms. The lowest BCUT2D eigenvalue weighted by Gasteiger charge is -2.11. The molecule has 0 radical (unpaired) electrons. The molecule has 0 fully saturated rings. The number of amides is 1. The summed E-state index contributed by atoms with van der Waals surface area (Å²) in [6, 6.07) is 9.31. The predicted molar refractivity (Wildman–Crippen MR) is 94.2 cm³/mol. The second-order valence-electron chi connectivity index (χ2n) is 5.89. The van der Waals surface area contributed by atoms with Crippen LogP contribution in [-0.4, -0.2) is 5.91 Å². The smallest absolute Gasteiger partial charge is 0.336 e. The van der Waals surface area contributed by atoms with E-state index in [2.05, 4.69) is 5.32 Å². The fraction of sp³-hybridized carbons (Fsp3) is 0.158. The minimum Gasteiger partial charge on any atom is -0.422 e. The van der Waals surface area contributed by atoms with E-state index >= 15 is 0 Å². The Morgan fingerprint density at radius 1 is 1.20 bits per heavy atom. The number of carbonyl (C=O) groups excluding carboxylic acids is 1. The van der Waals surface area contributed by atoms with Crippen molar-refractivity contribution in [1.29, 1.82) is 0 Å². The van der Waals surface area contributed by atoms with Crippen molar-refractivity contribution in [3.05, 3.63) is 74.9 Å². The molecule has 3 rings (SSSR count). The van der Waals surface area contributed by atoms with Gasteiger partial charge in [0.15, 0.2) is 0 Å². The standard InChI is InChI=1S/C19H17FN2O3/c1-10-3-5-14-12(7-17(23)25-18(14)11(10)2)9-22-13-4-6-16(20)15(8-13)19(21)24/h3-8,22H,9H2,1-2H3,(H2,21,24). The first kappa shape index (κ1) is 16.7. The summed E-state index contributed by atoms with van der Waals surface area (Å²) in [5.74, 6) is -1.51. The molecule has 1 aromatic heterocycles. The van der Waals surface area contributed by atoms with Gasteiger partial charge in [-0.2, -0.15) is 0 Å². The van der Waals surface area contributed by atoms with Crippen LogP contribution in [0.4, 0.5) is 10.1 Å². The summed E-state index contributed by atoms with van der Waals surface area (Å²) in [4.78, 5) is 23.1. The van der Waals surface area contributed by atoms with Gasteiger partial charge in [0.1, 0.15) is 11.4 Å². The first-order chi connectivity index (χ1) is 11.9. The van der Waals surface area contributed by atoms with E-state index < -0.39 is 17.3 Å². The van der Waals surface area contributed by atoms with Crippen LogP contribution in [0.2, 0.25) is 0 Å². The molecule has 0 saturated carbocycles. The summed E-state index contributed by atoms with van der Waals surface area (Å²) in [6.45, 7) is 4.16. The van der Waals surface area contributed by atoms with E-state index in [1.54, 1.807) is 0 Å². The summed E-state index contributed by atoms with van der Waals surface area (Å²) in [6.07, 6.45) is 0. The average molecular weight is 340 g/mol. The van der Waals surface area contributed by atoms with Gasteiger partial charge in [-0.05, 0) is 48.7 Å². The molecule has 3 N–H and O–H groups in total. The second-order valence-corrected chi connectivity index (χ2v) is 5.89. The number of primary amides is 1. The molecule has 0 aliphatic rings. The van der Waals surface area contributed by atoms with E-state index in [1.165, 1.54) is 24.3 Å². The van der Waals surface area contributed by atoms with Crippen LogP contribution in [0.1, 0.15) is 27.0 Å². The molecule has 2 aromatic carbocycles. The highest BCUT2D eigenvalue weighted by Gasteiger charge is 2.11. The summed E-state index contributed by atoms with van der Waals surface area (Å²) in [5, 5.41) is 3.91. The summed E-state index contributed by atoms with van der Waals surface area (Å²) in [5.41, 5.74) is 8.31. The molecule has 6 heteroatoms. The van der Waals surface area contributed by atoms with Crippen molar-refractivity contribution in [1.82, 2.24) is 0 Å². The molecule has 0 saturated heterocycles. The number of benzene rings is 2. The average Bonchev–Trinajstić information content (AvgIpc) is 2.57. The van der Waals surface area contributed by atoms with Crippen molar-refractivity contribution in [2.75, 3.05) is 5.32 Å². The number of fused-ring (bicyclic) bond motifs is 1. The fourth-order valence-corrected chi connectivity index (χ4v) is 2.69. The molecular weight excluding hydrogens is 323 g/mol. The van der Waals surface area contributed by atoms with Crippen molar-refractivity contribution < 1.29 is 13.6 Å². The van der Waals surface area contributed by atoms with Crippen molar-refractivity contribution in [2.45, 2.75) is 20.4 Å². The molecular formula is C19H17FN2O3. The van der Waals surface area contributed by atoms with Crippen LogP contribution in [0, 0.1) is 19.7 Å². The number of nitrogens with one attached hydrogen (secondary N) is 1. The maximum Gasteiger partial charge on any atom is 0.336 e. The molecule has 0 aliphatic heterocycles. The number of rotatable bonds is 4. The summed E-state index contributed by atoms with van der Waals surface area (Å²) in [7, 11) is 0. The van der Waals surface area contributed by atoms with Crippen LogP contribution < -0.4 is 16.7 Å². The third-order valence-corrected chi connectivity index (χ3v) is 4.23. The van der Waals surface area contributed by atoms with Gasteiger partial charge in [-0.3, -0.25) is 4.79 Å². The van der Waals surface area contributed by atoms with Crippen molar-refractivity contribution in [3.63, 3.8) is 0 Å². The highest BCUT2D eigenvalue weighted by atomic mass is 19.1. The third kappa shape index (κ3) is 3.24. The van der Waals surface area contributed by atoms with Crippen molar-refractivity contribution in [3.8, 4) is 0 Å². The molecule has 1 amide bonds. The first-order valence-electron chi connectivity index (χ1n) is 7.73. The number of aryl methyl sites for hydroxylation is 2. The Kier molecular flexibility index (Phi) is 4.27. The van der Waals surface area contributed by atoms with Crippen LogP contribution in [0.15, 0.2) is 45.6 Å². The van der Waals surface area contributed by atoms with Crippen LogP contribution >= 0.6 is 0 Å². The van der Waals surface area contributed by atoms with E-state index in [0.717, 1.165) is 22.1 Å². The fourth-order valence-electron chi connectivity index (χ4n) is 2.69. The van der Waals surface area contributed by atoms with Gasteiger partial charge in [-0.25, -0.2) is 9.18 Å². The lowest BCUT2D eigenvalue weighted by atomic mass is 10.0. The Bertz CT molecular complexity index is 1040. The van der Waals surface area contributed by atoms with Gasteiger partial charge in [-0.15, -0.1) is 0 Å². The largest absolute Gasteiger partial charge is 0.422 e. The number of halogens is 1. The molecule has 5 nitrogen and oxygen atoms in total. The molecule has 0 unspecified atom stereocenters. The number of carbonyl (C=O) groups is 1. The van der Waals surface area contributed by atoms with Gasteiger partial charge >= 0.3 is 5.63 Å². The van der Waals surface area contributed by atoms with Gasteiger partial charge in [0.05, 0.1) is 5.56 Å². The molecule has 0 atom stereocenters. The Balaban J connectivity index is 1.97. The third-order valence-electron chi connectivity index (χ3n) is 4.23. The van der Waals surface area contributed by atoms with Crippen LogP contribution in [0.3, 0.4) is 0 Å². The molecule has 128 valence electrons. The molecule has 0 spiro atoms. The van der Waals surface area contributed by atoms with Crippen LogP contribution in [0.25, 0.3) is 11.0 Å². The quantitative estimate of drug-likeness (QED) is 0.714. The molecule has 3 aromatic rings. The van der Waals surface area contributed by atoms with Gasteiger partial charge in [-0.1, -0.05) is 12.1 Å². The highest BCUT2D eigenvalue weighted by molar-refractivity contribution is 5.94. The Morgan fingerprint density at radius 3 is 2.68 bits per heavy atom. The topological polar surface area (TPSA) is 85.3 Å². The maximum atomic E-state index is 13.5. The minimum absolute atomic E-state index is 0.186. The predicted octanol–water partition coefficient (Wildman–Crippen LogP) is 3.26. The van der Waals surface area contributed by atoms with Gasteiger partial charge in [0.25, 0.3) is 5.91 Å². The zero-order chi connectivity index (χ0) is 18.1. The van der Waals surface area contributed by atoms with E-state index in [4.69, 9.17) is 10.2 Å². The molecule has 0 bridgehead atoms. The lowest BCUT2D eigenvalue weighted by Crippen LogP contribution is -2.14. The minimum atomic E-state index is -0.835. The Labute approximate surface area is 143 Å². The van der Waals surface area contributed by atoms with E-state index in [9.17, 15) is 14.0 Å². The summed E-state index contributed by atoms with van der Waals surface area (Å²) < 4.78 is 18.9. The zero-order valence-electron chi connectivity index (χ0n) is 13.9. The van der Waals surface area contributed by atoms with E-state index in [1.807, 2.05) is 26.0 Å². The van der Waals surface area contributed by atoms with Gasteiger partial charge < -0.3 is 15.5 Å². The van der Waals surface area contributed by atoms with Crippen LogP contribution in [0.5, 0.6) is 0 Å². The van der Waals surface area contributed by atoms with E-state index in [-0.39, 0.29) is 5.56 Å². The zero-order valence-corrected chi connectivity index (χ0v) is 13.9. The SMILES string of the molecule is Cc1ccc2c(CNc3ccc(F)c(C(N)=O)c3)cc(=O)oc2c1C. The van der Waals surface area contributed by atoms with Crippen molar-refractivity contribution in [2.24, 2.45) is 5.73 Å². The van der Waals surface area contributed by atoms with Gasteiger partial charge in [0, 0.05) is 23.7 Å². The van der Waals surface area contributed by atoms with Crippen LogP contribution in [-0.2, 0) is 6.54 Å². The maximum absolute atomic E-state index is 13.5. The van der Waals surface area contributed by atoms with Crippen molar-refractivity contribution >= 4 is 22.6 Å². The molecule has 0 aliphatic carbocycles. The monoisotopic (exact) mass is 340 g/mol. The highest BCUT2D eigenvalue weighted by Crippen LogP contribution is 2.24. The number of hydrogen-bond donors (Lipinski definition) is 2. The lowest BCUT2D eigenvalue weighted by molar-refractivity contribution is 0.0996. The van der Waals surface area contributed by atoms with E-state index in [0.29, 0.717) is 17.8 Å². The second kappa shape index (κ2) is 6.39. The number of hydrogen-bond acceptors (Lipinski definition) is 4. The Morgan fingerprint density at radius 2 is 1.96 bits per heavy atom. The summed E-state index contributed by atoms with van der Waals surface area (Å²) >= 11 is 0. The first-order valence-corrected chi connectivity index (χ1v) is 7.73. The van der Waals surface area contributed by atoms with Gasteiger partial charge in [0.2, 0.25) is 0 Å². The Hall–Kier alpha value is -3.15. The number of nitrogens with two attached hydrogens (primary N) is 1. The number of anilines is 1. The molecule has 1 heterocycles.